The maximum Gasteiger partial charge on any atom is 0.254 e. The maximum atomic E-state index is 13.0. The van der Waals surface area contributed by atoms with Crippen LogP contribution < -0.4 is 5.73 Å². The lowest BCUT2D eigenvalue weighted by Crippen LogP contribution is -2.35. The van der Waals surface area contributed by atoms with Gasteiger partial charge in [-0.3, -0.25) is 14.6 Å². The molecule has 1 fully saturated rings. The van der Waals surface area contributed by atoms with E-state index in [1.807, 2.05) is 24.0 Å². The summed E-state index contributed by atoms with van der Waals surface area (Å²) in [5, 5.41) is 0. The quantitative estimate of drug-likeness (QED) is 0.922. The van der Waals surface area contributed by atoms with E-state index in [1.165, 1.54) is 0 Å². The second-order valence-electron chi connectivity index (χ2n) is 5.85. The van der Waals surface area contributed by atoms with Gasteiger partial charge in [0, 0.05) is 29.6 Å². The molecular formula is C18H19N3O2. The molecule has 5 heteroatoms. The van der Waals surface area contributed by atoms with Gasteiger partial charge >= 0.3 is 0 Å². The molecule has 1 saturated carbocycles. The largest absolute Gasteiger partial charge is 0.366 e. The van der Waals surface area contributed by atoms with Crippen LogP contribution in [0.4, 0.5) is 0 Å². The number of hydrogen-bond donors (Lipinski definition) is 1. The molecule has 118 valence electrons. The Kier molecular flexibility index (Phi) is 4.10. The lowest BCUT2D eigenvalue weighted by atomic mass is 10.1. The number of aromatic nitrogens is 1. The van der Waals surface area contributed by atoms with Gasteiger partial charge in [-0.25, -0.2) is 0 Å². The van der Waals surface area contributed by atoms with E-state index in [-0.39, 0.29) is 18.0 Å². The zero-order valence-electron chi connectivity index (χ0n) is 13.0. The number of carbonyl (C=O) groups is 2. The highest BCUT2D eigenvalue weighted by Crippen LogP contribution is 2.35. The molecule has 3 rings (SSSR count). The Hall–Kier alpha value is -2.69. The topological polar surface area (TPSA) is 76.3 Å². The van der Waals surface area contributed by atoms with Crippen LogP contribution in [0, 0.1) is 0 Å². The first-order chi connectivity index (χ1) is 11.1. The first-order valence-electron chi connectivity index (χ1n) is 7.70. The molecule has 0 unspecified atom stereocenters. The Morgan fingerprint density at radius 3 is 2.57 bits per heavy atom. The van der Waals surface area contributed by atoms with Crippen LogP contribution >= 0.6 is 0 Å². The van der Waals surface area contributed by atoms with Crippen LogP contribution in [0.15, 0.2) is 48.8 Å². The van der Waals surface area contributed by atoms with Crippen LogP contribution in [0.3, 0.4) is 0 Å². The van der Waals surface area contributed by atoms with Crippen molar-refractivity contribution in [2.75, 3.05) is 0 Å². The summed E-state index contributed by atoms with van der Waals surface area (Å²) in [7, 11) is 0. The number of pyridine rings is 1. The van der Waals surface area contributed by atoms with Gasteiger partial charge in [0.25, 0.3) is 5.91 Å². The Bertz CT molecular complexity index is 726. The fourth-order valence-electron chi connectivity index (χ4n) is 2.75. The first-order valence-corrected chi connectivity index (χ1v) is 7.70. The van der Waals surface area contributed by atoms with E-state index in [4.69, 9.17) is 5.73 Å². The van der Waals surface area contributed by atoms with Crippen molar-refractivity contribution in [2.24, 2.45) is 5.73 Å². The van der Waals surface area contributed by atoms with E-state index in [2.05, 4.69) is 4.98 Å². The fourth-order valence-corrected chi connectivity index (χ4v) is 2.75. The summed E-state index contributed by atoms with van der Waals surface area (Å²) in [6.07, 6.45) is 5.51. The monoisotopic (exact) mass is 309 g/mol. The second-order valence-corrected chi connectivity index (χ2v) is 5.85. The Morgan fingerprint density at radius 1 is 1.22 bits per heavy atom. The number of nitrogens with zero attached hydrogens (tertiary/aromatic N) is 2. The summed E-state index contributed by atoms with van der Waals surface area (Å²) >= 11 is 0. The predicted molar refractivity (Wildman–Crippen MR) is 86.8 cm³/mol. The van der Waals surface area contributed by atoms with Gasteiger partial charge in [0.05, 0.1) is 6.04 Å². The molecule has 1 aliphatic rings. The molecule has 1 heterocycles. The van der Waals surface area contributed by atoms with Gasteiger partial charge in [-0.2, -0.15) is 0 Å². The van der Waals surface area contributed by atoms with E-state index >= 15 is 0 Å². The standard InChI is InChI=1S/C18H19N3O2/c1-12(15-6-3-9-20-11-15)21(16-7-8-16)18(23)14-5-2-4-13(10-14)17(19)22/h2-6,9-12,16H,7-8H2,1H3,(H2,19,22)/t12-/m0/s1. The fraction of sp³-hybridized carbons (Fsp3) is 0.278. The number of rotatable bonds is 5. The van der Waals surface area contributed by atoms with Crippen molar-refractivity contribution in [3.05, 3.63) is 65.5 Å². The van der Waals surface area contributed by atoms with Crippen molar-refractivity contribution in [1.29, 1.82) is 0 Å². The van der Waals surface area contributed by atoms with Crippen molar-refractivity contribution in [3.63, 3.8) is 0 Å². The lowest BCUT2D eigenvalue weighted by molar-refractivity contribution is 0.0673. The number of benzene rings is 1. The van der Waals surface area contributed by atoms with Crippen molar-refractivity contribution in [1.82, 2.24) is 9.88 Å². The third-order valence-electron chi connectivity index (χ3n) is 4.15. The van der Waals surface area contributed by atoms with Crippen LogP contribution in [0.5, 0.6) is 0 Å². The SMILES string of the molecule is C[C@@H](c1cccnc1)N(C(=O)c1cccc(C(N)=O)c1)C1CC1. The summed E-state index contributed by atoms with van der Waals surface area (Å²) in [4.78, 5) is 30.3. The van der Waals surface area contributed by atoms with Crippen molar-refractivity contribution in [2.45, 2.75) is 31.8 Å². The summed E-state index contributed by atoms with van der Waals surface area (Å²) in [6.45, 7) is 2.01. The van der Waals surface area contributed by atoms with Crippen LogP contribution in [0.25, 0.3) is 0 Å². The average molecular weight is 309 g/mol. The van der Waals surface area contributed by atoms with Crippen LogP contribution in [-0.4, -0.2) is 27.7 Å². The van der Waals surface area contributed by atoms with Gasteiger partial charge in [-0.05, 0) is 49.6 Å². The minimum absolute atomic E-state index is 0.0686. The van der Waals surface area contributed by atoms with E-state index in [0.717, 1.165) is 18.4 Å². The lowest BCUT2D eigenvalue weighted by Gasteiger charge is -2.29. The zero-order chi connectivity index (χ0) is 16.4. The molecule has 5 nitrogen and oxygen atoms in total. The molecule has 1 aromatic heterocycles. The highest BCUT2D eigenvalue weighted by molar-refractivity contribution is 5.99. The maximum absolute atomic E-state index is 13.0. The van der Waals surface area contributed by atoms with Crippen molar-refractivity contribution in [3.8, 4) is 0 Å². The molecular weight excluding hydrogens is 290 g/mol. The van der Waals surface area contributed by atoms with E-state index in [0.29, 0.717) is 11.1 Å². The third-order valence-corrected chi connectivity index (χ3v) is 4.15. The molecule has 0 spiro atoms. The number of amides is 2. The third kappa shape index (κ3) is 3.23. The number of nitrogens with two attached hydrogens (primary N) is 1. The molecule has 0 aliphatic heterocycles. The van der Waals surface area contributed by atoms with Gasteiger partial charge < -0.3 is 10.6 Å². The van der Waals surface area contributed by atoms with Gasteiger partial charge in [0.1, 0.15) is 0 Å². The van der Waals surface area contributed by atoms with Crippen molar-refractivity contribution < 1.29 is 9.59 Å². The summed E-state index contributed by atoms with van der Waals surface area (Å²) < 4.78 is 0. The van der Waals surface area contributed by atoms with Gasteiger partial charge in [0.2, 0.25) is 5.91 Å². The number of primary amides is 1. The van der Waals surface area contributed by atoms with Crippen LogP contribution in [-0.2, 0) is 0 Å². The number of hydrogen-bond acceptors (Lipinski definition) is 3. The minimum atomic E-state index is -0.530. The minimum Gasteiger partial charge on any atom is -0.366 e. The molecule has 1 atom stereocenters. The van der Waals surface area contributed by atoms with E-state index in [1.54, 1.807) is 36.7 Å². The Balaban J connectivity index is 1.91. The normalized spacial score (nSPS) is 15.0. The summed E-state index contributed by atoms with van der Waals surface area (Å²) in [6, 6.07) is 10.6. The smallest absolute Gasteiger partial charge is 0.254 e. The molecule has 1 aromatic carbocycles. The molecule has 0 bridgehead atoms. The summed E-state index contributed by atoms with van der Waals surface area (Å²) in [5.74, 6) is -0.607. The highest BCUT2D eigenvalue weighted by atomic mass is 16.2. The zero-order valence-corrected chi connectivity index (χ0v) is 13.0. The van der Waals surface area contributed by atoms with Crippen molar-refractivity contribution >= 4 is 11.8 Å². The summed E-state index contributed by atoms with van der Waals surface area (Å²) in [5.41, 5.74) is 7.15. The second kappa shape index (κ2) is 6.20. The van der Waals surface area contributed by atoms with Gasteiger partial charge in [-0.15, -0.1) is 0 Å². The van der Waals surface area contributed by atoms with E-state index in [9.17, 15) is 9.59 Å². The number of carbonyl (C=O) groups excluding carboxylic acids is 2. The molecule has 0 radical (unpaired) electrons. The van der Waals surface area contributed by atoms with Crippen LogP contribution in [0.1, 0.15) is 52.1 Å². The molecule has 0 saturated heterocycles. The average Bonchev–Trinajstić information content (AvgIpc) is 3.40. The molecule has 2 aromatic rings. The van der Waals surface area contributed by atoms with Gasteiger partial charge in [-0.1, -0.05) is 12.1 Å². The Labute approximate surface area is 135 Å². The molecule has 2 amide bonds. The molecule has 23 heavy (non-hydrogen) atoms. The molecule has 1 aliphatic carbocycles. The first kappa shape index (κ1) is 15.2. The predicted octanol–water partition coefficient (Wildman–Crippen LogP) is 2.55. The highest BCUT2D eigenvalue weighted by Gasteiger charge is 2.36. The van der Waals surface area contributed by atoms with Gasteiger partial charge in [0.15, 0.2) is 0 Å². The molecule has 2 N–H and O–H groups in total. The van der Waals surface area contributed by atoms with Crippen LogP contribution in [0.2, 0.25) is 0 Å². The Morgan fingerprint density at radius 2 is 1.96 bits per heavy atom. The van der Waals surface area contributed by atoms with E-state index < -0.39 is 5.91 Å².